The van der Waals surface area contributed by atoms with Crippen molar-refractivity contribution in [2.75, 3.05) is 0 Å². The van der Waals surface area contributed by atoms with Crippen LogP contribution in [0.2, 0.25) is 0 Å². The highest BCUT2D eigenvalue weighted by Crippen LogP contribution is 2.13. The van der Waals surface area contributed by atoms with E-state index in [1.54, 1.807) is 6.92 Å². The maximum Gasteiger partial charge on any atom is 0.233 e. The van der Waals surface area contributed by atoms with E-state index in [9.17, 15) is 8.42 Å². The fraction of sp³-hybridized carbons (Fsp3) is 0.200. The minimum atomic E-state index is -3.37. The van der Waals surface area contributed by atoms with E-state index in [-0.39, 0.29) is 4.34 Å². The van der Waals surface area contributed by atoms with Crippen LogP contribution in [0, 0.1) is 6.92 Å². The molecule has 1 rings (SSSR count). The predicted octanol–water partition coefficient (Wildman–Crippen LogP) is 0.764. The summed E-state index contributed by atoms with van der Waals surface area (Å²) in [7, 11) is -3.37. The maximum absolute atomic E-state index is 11.0. The molecule has 4 nitrogen and oxygen atoms in total. The van der Waals surface area contributed by atoms with Crippen molar-refractivity contribution in [1.82, 2.24) is 9.36 Å². The van der Waals surface area contributed by atoms with E-state index in [0.29, 0.717) is 5.82 Å². The molecule has 11 heavy (non-hydrogen) atoms. The van der Waals surface area contributed by atoms with Crippen molar-refractivity contribution in [3.8, 4) is 0 Å². The minimum absolute atomic E-state index is 0.00463. The molecule has 0 aliphatic heterocycles. The van der Waals surface area contributed by atoms with Gasteiger partial charge in [0.05, 0.1) is 0 Å². The van der Waals surface area contributed by atoms with Crippen LogP contribution in [-0.4, -0.2) is 17.8 Å². The summed E-state index contributed by atoms with van der Waals surface area (Å²) in [6.07, 6.45) is 0. The highest BCUT2D eigenvalue weighted by molar-refractivity contribution is 7.95. The van der Waals surface area contributed by atoms with E-state index < -0.39 is 9.84 Å². The molecule has 1 aromatic rings. The molecule has 0 aromatic carbocycles. The van der Waals surface area contributed by atoms with Crippen LogP contribution >= 0.6 is 11.5 Å². The zero-order valence-electron chi connectivity index (χ0n) is 5.81. The van der Waals surface area contributed by atoms with Gasteiger partial charge in [0, 0.05) is 5.41 Å². The molecule has 0 saturated heterocycles. The van der Waals surface area contributed by atoms with E-state index in [2.05, 4.69) is 15.9 Å². The number of hydrogen-bond donors (Lipinski definition) is 0. The van der Waals surface area contributed by atoms with Gasteiger partial charge in [-0.05, 0) is 18.5 Å². The number of nitrogens with zero attached hydrogens (tertiary/aromatic N) is 2. The molecule has 0 bridgehead atoms. The van der Waals surface area contributed by atoms with Gasteiger partial charge in [-0.3, -0.25) is 0 Å². The summed E-state index contributed by atoms with van der Waals surface area (Å²) < 4.78 is 25.7. The Kier molecular flexibility index (Phi) is 2.05. The van der Waals surface area contributed by atoms with Crippen LogP contribution in [0.25, 0.3) is 0 Å². The quantitative estimate of drug-likeness (QED) is 0.691. The topological polar surface area (TPSA) is 59.9 Å². The summed E-state index contributed by atoms with van der Waals surface area (Å²) in [5.74, 6) is 0.468. The van der Waals surface area contributed by atoms with Gasteiger partial charge in [0.25, 0.3) is 0 Å². The van der Waals surface area contributed by atoms with Gasteiger partial charge in [0.2, 0.25) is 14.2 Å². The average Bonchev–Trinajstić information content (AvgIpc) is 2.36. The number of aromatic nitrogens is 2. The first-order valence-electron chi connectivity index (χ1n) is 2.74. The molecule has 6 heteroatoms. The largest absolute Gasteiger partial charge is 0.233 e. The van der Waals surface area contributed by atoms with Gasteiger partial charge >= 0.3 is 0 Å². The van der Waals surface area contributed by atoms with Gasteiger partial charge in [-0.2, -0.15) is 4.37 Å². The van der Waals surface area contributed by atoms with Gasteiger partial charge in [-0.15, -0.1) is 0 Å². The van der Waals surface area contributed by atoms with Crippen LogP contribution in [0.1, 0.15) is 5.82 Å². The Morgan fingerprint density at radius 2 is 2.27 bits per heavy atom. The Labute approximate surface area is 68.7 Å². The first kappa shape index (κ1) is 8.35. The highest BCUT2D eigenvalue weighted by Gasteiger charge is 2.14. The zero-order chi connectivity index (χ0) is 8.48. The van der Waals surface area contributed by atoms with Crippen LogP contribution < -0.4 is 0 Å². The second-order valence-electron chi connectivity index (χ2n) is 1.82. The van der Waals surface area contributed by atoms with E-state index in [1.807, 2.05) is 0 Å². The SMILES string of the molecule is C=CS(=O)(=O)c1nc(C)ns1. The first-order valence-corrected chi connectivity index (χ1v) is 5.06. The van der Waals surface area contributed by atoms with Crippen molar-refractivity contribution in [3.05, 3.63) is 17.8 Å². The smallest absolute Gasteiger partial charge is 0.217 e. The number of hydrogen-bond acceptors (Lipinski definition) is 5. The standard InChI is InChI=1S/C5H6N2O2S2/c1-3-11(8,9)5-6-4(2)7-10-5/h3H,1H2,2H3. The van der Waals surface area contributed by atoms with E-state index >= 15 is 0 Å². The fourth-order valence-electron chi connectivity index (χ4n) is 0.465. The molecule has 0 atom stereocenters. The summed E-state index contributed by atoms with van der Waals surface area (Å²) >= 11 is 0.861. The summed E-state index contributed by atoms with van der Waals surface area (Å²) in [5, 5.41) is 0.868. The van der Waals surface area contributed by atoms with E-state index in [4.69, 9.17) is 0 Å². The third-order valence-corrected chi connectivity index (χ3v) is 3.51. The van der Waals surface area contributed by atoms with Crippen LogP contribution in [0.4, 0.5) is 0 Å². The van der Waals surface area contributed by atoms with Gasteiger partial charge in [-0.25, -0.2) is 13.4 Å². The van der Waals surface area contributed by atoms with Crippen molar-refractivity contribution in [2.45, 2.75) is 11.3 Å². The van der Waals surface area contributed by atoms with Crippen LogP contribution in [0.15, 0.2) is 16.3 Å². The molecule has 0 saturated carbocycles. The molecule has 0 unspecified atom stereocenters. The van der Waals surface area contributed by atoms with Gasteiger partial charge in [-0.1, -0.05) is 6.58 Å². The fourth-order valence-corrected chi connectivity index (χ4v) is 2.02. The summed E-state index contributed by atoms with van der Waals surface area (Å²) in [5.41, 5.74) is 0. The second-order valence-corrected chi connectivity index (χ2v) is 4.64. The first-order chi connectivity index (χ1) is 5.06. The Morgan fingerprint density at radius 1 is 1.64 bits per heavy atom. The molecule has 0 spiro atoms. The zero-order valence-corrected chi connectivity index (χ0v) is 7.44. The van der Waals surface area contributed by atoms with Gasteiger partial charge in [0.1, 0.15) is 5.82 Å². The van der Waals surface area contributed by atoms with Gasteiger partial charge < -0.3 is 0 Å². The molecule has 0 N–H and O–H groups in total. The lowest BCUT2D eigenvalue weighted by atomic mass is 10.8. The molecule has 0 amide bonds. The monoisotopic (exact) mass is 190 g/mol. The molecule has 60 valence electrons. The molecular formula is C5H6N2O2S2. The number of rotatable bonds is 2. The Hall–Kier alpha value is -0.750. The van der Waals surface area contributed by atoms with Crippen molar-refractivity contribution in [3.63, 3.8) is 0 Å². The number of aryl methyl sites for hydroxylation is 1. The lowest BCUT2D eigenvalue weighted by Gasteiger charge is -1.86. The summed E-state index contributed by atoms with van der Waals surface area (Å²) in [6.45, 7) is 4.81. The van der Waals surface area contributed by atoms with Crippen molar-refractivity contribution in [2.24, 2.45) is 0 Å². The molecular weight excluding hydrogens is 184 g/mol. The lowest BCUT2D eigenvalue weighted by Crippen LogP contribution is -1.93. The minimum Gasteiger partial charge on any atom is -0.217 e. The molecule has 1 aromatic heterocycles. The third-order valence-electron chi connectivity index (χ3n) is 0.972. The molecule has 0 aliphatic rings. The summed E-state index contributed by atoms with van der Waals surface area (Å²) in [6, 6.07) is 0. The highest BCUT2D eigenvalue weighted by atomic mass is 32.2. The molecule has 0 radical (unpaired) electrons. The Bertz CT molecular complexity index is 366. The normalized spacial score (nSPS) is 11.4. The Morgan fingerprint density at radius 3 is 2.64 bits per heavy atom. The third kappa shape index (κ3) is 1.63. The van der Waals surface area contributed by atoms with Crippen molar-refractivity contribution >= 4 is 21.4 Å². The average molecular weight is 190 g/mol. The van der Waals surface area contributed by atoms with Crippen LogP contribution in [0.3, 0.4) is 0 Å². The van der Waals surface area contributed by atoms with Crippen LogP contribution in [-0.2, 0) is 9.84 Å². The van der Waals surface area contributed by atoms with Gasteiger partial charge in [0.15, 0.2) is 0 Å². The lowest BCUT2D eigenvalue weighted by molar-refractivity contribution is 0.603. The predicted molar refractivity (Wildman–Crippen MR) is 42.0 cm³/mol. The van der Waals surface area contributed by atoms with E-state index in [1.165, 1.54) is 0 Å². The van der Waals surface area contributed by atoms with Crippen molar-refractivity contribution < 1.29 is 8.42 Å². The Balaban J connectivity index is 3.23. The summed E-state index contributed by atoms with van der Waals surface area (Å²) in [4.78, 5) is 3.70. The van der Waals surface area contributed by atoms with Crippen LogP contribution in [0.5, 0.6) is 0 Å². The molecule has 0 aliphatic carbocycles. The molecule has 0 fully saturated rings. The number of sulfone groups is 1. The maximum atomic E-state index is 11.0. The molecule has 1 heterocycles. The van der Waals surface area contributed by atoms with Crippen molar-refractivity contribution in [1.29, 1.82) is 0 Å². The second kappa shape index (κ2) is 2.71. The van der Waals surface area contributed by atoms with E-state index in [0.717, 1.165) is 16.9 Å².